The summed E-state index contributed by atoms with van der Waals surface area (Å²) >= 11 is 13.0. The molecule has 2 nitrogen and oxygen atoms in total. The van der Waals surface area contributed by atoms with Gasteiger partial charge in [0.2, 0.25) is 0 Å². The summed E-state index contributed by atoms with van der Waals surface area (Å²) in [6.07, 6.45) is 4.52. The monoisotopic (exact) mass is 393 g/mol. The summed E-state index contributed by atoms with van der Waals surface area (Å²) in [4.78, 5) is 12.6. The Morgan fingerprint density at radius 2 is 2.06 bits per heavy atom. The highest BCUT2D eigenvalue weighted by atomic mass is 79.9. The van der Waals surface area contributed by atoms with Crippen molar-refractivity contribution in [1.29, 1.82) is 0 Å². The predicted octanol–water partition coefficient (Wildman–Crippen LogP) is 4.54. The molecule has 1 aromatic rings. The molecule has 2 rings (SSSR count). The van der Waals surface area contributed by atoms with Crippen molar-refractivity contribution in [2.45, 2.75) is 36.6 Å². The first-order valence-electron chi connectivity index (χ1n) is 5.98. The van der Waals surface area contributed by atoms with Gasteiger partial charge in [0.05, 0.1) is 10.6 Å². The van der Waals surface area contributed by atoms with Crippen LogP contribution in [-0.2, 0) is 0 Å². The van der Waals surface area contributed by atoms with Gasteiger partial charge in [0.15, 0.2) is 0 Å². The number of alkyl halides is 1. The van der Waals surface area contributed by atoms with Gasteiger partial charge in [-0.25, -0.2) is 0 Å². The first-order chi connectivity index (χ1) is 8.58. The molecule has 0 radical (unpaired) electrons. The smallest absolute Gasteiger partial charge is 0.253 e. The quantitative estimate of drug-likeness (QED) is 0.732. The van der Waals surface area contributed by atoms with E-state index in [-0.39, 0.29) is 11.9 Å². The van der Waals surface area contributed by atoms with E-state index in [9.17, 15) is 4.79 Å². The van der Waals surface area contributed by atoms with Gasteiger partial charge in [0.25, 0.3) is 5.91 Å². The van der Waals surface area contributed by atoms with Crippen LogP contribution in [0.25, 0.3) is 0 Å². The SMILES string of the molecule is O=C(NC1CCCCC1Br)c1cc(Br)ccc1Cl. The molecule has 1 aliphatic rings. The van der Waals surface area contributed by atoms with Crippen LogP contribution in [0.4, 0.5) is 0 Å². The average molecular weight is 396 g/mol. The fraction of sp³-hybridized carbons (Fsp3) is 0.462. The molecule has 1 N–H and O–H groups in total. The Balaban J connectivity index is 2.09. The van der Waals surface area contributed by atoms with Crippen LogP contribution >= 0.6 is 43.5 Å². The van der Waals surface area contributed by atoms with E-state index in [2.05, 4.69) is 37.2 Å². The van der Waals surface area contributed by atoms with Crippen LogP contribution < -0.4 is 5.32 Å². The zero-order chi connectivity index (χ0) is 13.1. The molecule has 0 spiro atoms. The fourth-order valence-corrected chi connectivity index (χ4v) is 3.45. The third-order valence-electron chi connectivity index (χ3n) is 3.17. The number of hydrogen-bond acceptors (Lipinski definition) is 1. The van der Waals surface area contributed by atoms with Crippen LogP contribution in [-0.4, -0.2) is 16.8 Å². The second-order valence-electron chi connectivity index (χ2n) is 4.50. The maximum absolute atomic E-state index is 12.2. The molecule has 2 unspecified atom stereocenters. The van der Waals surface area contributed by atoms with E-state index in [4.69, 9.17) is 11.6 Å². The van der Waals surface area contributed by atoms with Crippen molar-refractivity contribution in [2.24, 2.45) is 0 Å². The molecular formula is C13H14Br2ClNO. The third-order valence-corrected chi connectivity index (χ3v) is 5.09. The zero-order valence-electron chi connectivity index (χ0n) is 9.76. The van der Waals surface area contributed by atoms with Crippen LogP contribution in [0.15, 0.2) is 22.7 Å². The van der Waals surface area contributed by atoms with Crippen molar-refractivity contribution < 1.29 is 4.79 Å². The van der Waals surface area contributed by atoms with Crippen molar-refractivity contribution >= 4 is 49.4 Å². The Morgan fingerprint density at radius 1 is 1.33 bits per heavy atom. The lowest BCUT2D eigenvalue weighted by Crippen LogP contribution is -2.42. The second kappa shape index (κ2) is 6.40. The maximum Gasteiger partial charge on any atom is 0.253 e. The van der Waals surface area contributed by atoms with E-state index >= 15 is 0 Å². The Bertz CT molecular complexity index is 453. The minimum atomic E-state index is -0.0994. The summed E-state index contributed by atoms with van der Waals surface area (Å²) in [5.41, 5.74) is 0.524. The molecule has 5 heteroatoms. The first-order valence-corrected chi connectivity index (χ1v) is 8.06. The topological polar surface area (TPSA) is 29.1 Å². The largest absolute Gasteiger partial charge is 0.348 e. The van der Waals surface area contributed by atoms with E-state index in [1.165, 1.54) is 12.8 Å². The Morgan fingerprint density at radius 3 is 2.78 bits per heavy atom. The molecule has 1 amide bonds. The van der Waals surface area contributed by atoms with Crippen LogP contribution in [0.2, 0.25) is 5.02 Å². The van der Waals surface area contributed by atoms with Crippen LogP contribution in [0.5, 0.6) is 0 Å². The summed E-state index contributed by atoms with van der Waals surface area (Å²) in [5.74, 6) is -0.0994. The van der Waals surface area contributed by atoms with Crippen LogP contribution in [0.3, 0.4) is 0 Å². The van der Waals surface area contributed by atoms with Gasteiger partial charge < -0.3 is 5.32 Å². The number of rotatable bonds is 2. The summed E-state index contributed by atoms with van der Waals surface area (Å²) in [7, 11) is 0. The predicted molar refractivity (Wildman–Crippen MR) is 81.6 cm³/mol. The lowest BCUT2D eigenvalue weighted by Gasteiger charge is -2.28. The standard InChI is InChI=1S/C13H14Br2ClNO/c14-8-5-6-11(16)9(7-8)13(18)17-12-4-2-1-3-10(12)15/h5-7,10,12H,1-4H2,(H,17,18). The Hall–Kier alpha value is -0.0600. The van der Waals surface area contributed by atoms with Crippen LogP contribution in [0, 0.1) is 0 Å². The zero-order valence-corrected chi connectivity index (χ0v) is 13.7. The van der Waals surface area contributed by atoms with Gasteiger partial charge in [-0.1, -0.05) is 56.3 Å². The summed E-state index contributed by atoms with van der Waals surface area (Å²) in [5, 5.41) is 3.55. The van der Waals surface area contributed by atoms with E-state index in [1.807, 2.05) is 6.07 Å². The molecule has 0 aromatic heterocycles. The minimum absolute atomic E-state index is 0.0994. The van der Waals surface area contributed by atoms with E-state index in [1.54, 1.807) is 12.1 Å². The third kappa shape index (κ3) is 3.49. The summed E-state index contributed by atoms with van der Waals surface area (Å²) < 4.78 is 0.857. The highest BCUT2D eigenvalue weighted by molar-refractivity contribution is 9.10. The van der Waals surface area contributed by atoms with Crippen molar-refractivity contribution in [1.82, 2.24) is 5.32 Å². The minimum Gasteiger partial charge on any atom is -0.348 e. The molecule has 1 aromatic carbocycles. The highest BCUT2D eigenvalue weighted by Crippen LogP contribution is 2.26. The molecule has 2 atom stereocenters. The van der Waals surface area contributed by atoms with Gasteiger partial charge in [-0.2, -0.15) is 0 Å². The number of carbonyl (C=O) groups excluding carboxylic acids is 1. The van der Waals surface area contributed by atoms with Crippen molar-refractivity contribution in [3.63, 3.8) is 0 Å². The van der Waals surface area contributed by atoms with Gasteiger partial charge in [-0.15, -0.1) is 0 Å². The number of amides is 1. The molecule has 0 aliphatic heterocycles. The molecule has 0 bridgehead atoms. The van der Waals surface area contributed by atoms with Crippen molar-refractivity contribution in [2.75, 3.05) is 0 Å². The maximum atomic E-state index is 12.2. The van der Waals surface area contributed by atoms with E-state index < -0.39 is 0 Å². The average Bonchev–Trinajstić information content (AvgIpc) is 2.35. The molecule has 1 saturated carbocycles. The number of halogens is 3. The number of hydrogen-bond donors (Lipinski definition) is 1. The van der Waals surface area contributed by atoms with Gasteiger partial charge in [0.1, 0.15) is 0 Å². The number of nitrogens with one attached hydrogen (secondary N) is 1. The Kier molecular flexibility index (Phi) is 5.10. The molecule has 0 heterocycles. The summed E-state index contributed by atoms with van der Waals surface area (Å²) in [6, 6.07) is 5.50. The van der Waals surface area contributed by atoms with Gasteiger partial charge >= 0.3 is 0 Å². The van der Waals surface area contributed by atoms with Gasteiger partial charge in [-0.3, -0.25) is 4.79 Å². The first kappa shape index (κ1) is 14.4. The second-order valence-corrected chi connectivity index (χ2v) is 7.00. The van der Waals surface area contributed by atoms with E-state index in [0.717, 1.165) is 17.3 Å². The van der Waals surface area contributed by atoms with Gasteiger partial charge in [0, 0.05) is 15.3 Å². The lowest BCUT2D eigenvalue weighted by molar-refractivity contribution is 0.0930. The van der Waals surface area contributed by atoms with Gasteiger partial charge in [-0.05, 0) is 31.0 Å². The molecule has 0 saturated heterocycles. The van der Waals surface area contributed by atoms with E-state index in [0.29, 0.717) is 15.4 Å². The Labute approximate surface area is 129 Å². The molecular weight excluding hydrogens is 381 g/mol. The fourth-order valence-electron chi connectivity index (χ4n) is 2.17. The molecule has 98 valence electrons. The number of benzene rings is 1. The summed E-state index contributed by atoms with van der Waals surface area (Å²) in [6.45, 7) is 0. The lowest BCUT2D eigenvalue weighted by atomic mass is 9.95. The van der Waals surface area contributed by atoms with Crippen LogP contribution in [0.1, 0.15) is 36.0 Å². The van der Waals surface area contributed by atoms with Crippen molar-refractivity contribution in [3.05, 3.63) is 33.3 Å². The van der Waals surface area contributed by atoms with Crippen molar-refractivity contribution in [3.8, 4) is 0 Å². The molecule has 18 heavy (non-hydrogen) atoms. The highest BCUT2D eigenvalue weighted by Gasteiger charge is 2.25. The molecule has 1 fully saturated rings. The molecule has 1 aliphatic carbocycles. The normalized spacial score (nSPS) is 23.7. The number of carbonyl (C=O) groups is 1.